The van der Waals surface area contributed by atoms with Gasteiger partial charge in [0.1, 0.15) is 0 Å². The summed E-state index contributed by atoms with van der Waals surface area (Å²) in [5.74, 6) is -3.66. The Morgan fingerprint density at radius 3 is 2.38 bits per heavy atom. The number of esters is 2. The van der Waals surface area contributed by atoms with E-state index in [2.05, 4.69) is 4.98 Å². The molecule has 1 saturated heterocycles. The molecule has 1 aromatic rings. The van der Waals surface area contributed by atoms with Crippen LogP contribution in [0.3, 0.4) is 0 Å². The number of nitrogens with two attached hydrogens (primary N) is 1. The zero-order valence-corrected chi connectivity index (χ0v) is 9.54. The largest absolute Gasteiger partial charge is 0.422 e. The molecule has 2 N–H and O–H groups in total. The standard InChI is InChI=1S/C9H10N2O4S/c1-9(2)14-6(12)5(7(13)15-9)4-3-16-8(10)11-4/h3,5H,1-2H3,(H2,10,11). The maximum absolute atomic E-state index is 11.6. The molecule has 0 unspecified atom stereocenters. The highest BCUT2D eigenvalue weighted by atomic mass is 32.1. The van der Waals surface area contributed by atoms with Gasteiger partial charge in [0.2, 0.25) is 0 Å². The summed E-state index contributed by atoms with van der Waals surface area (Å²) in [5, 5.41) is 1.83. The topological polar surface area (TPSA) is 91.5 Å². The summed E-state index contributed by atoms with van der Waals surface area (Å²) in [6.07, 6.45) is 0. The van der Waals surface area contributed by atoms with Gasteiger partial charge in [0.15, 0.2) is 11.0 Å². The summed E-state index contributed by atoms with van der Waals surface area (Å²) in [6.45, 7) is 2.99. The highest BCUT2D eigenvalue weighted by Crippen LogP contribution is 2.30. The first kappa shape index (κ1) is 10.9. The average Bonchev–Trinajstić information content (AvgIpc) is 2.47. The quantitative estimate of drug-likeness (QED) is 0.574. The number of carbonyl (C=O) groups is 2. The lowest BCUT2D eigenvalue weighted by Crippen LogP contribution is -2.45. The number of thiazole rings is 1. The van der Waals surface area contributed by atoms with Crippen molar-refractivity contribution in [2.75, 3.05) is 5.73 Å². The molecular weight excluding hydrogens is 232 g/mol. The number of cyclic esters (lactones) is 2. The van der Waals surface area contributed by atoms with Crippen molar-refractivity contribution < 1.29 is 19.1 Å². The van der Waals surface area contributed by atoms with E-state index in [1.54, 1.807) is 5.38 Å². The van der Waals surface area contributed by atoms with Crippen molar-refractivity contribution in [3.63, 3.8) is 0 Å². The van der Waals surface area contributed by atoms with E-state index in [0.717, 1.165) is 11.3 Å². The highest BCUT2D eigenvalue weighted by Gasteiger charge is 2.45. The number of nitrogens with zero attached hydrogens (tertiary/aromatic N) is 1. The predicted octanol–water partition coefficient (Wildman–Crippen LogP) is 0.645. The second kappa shape index (κ2) is 3.44. The maximum Gasteiger partial charge on any atom is 0.329 e. The van der Waals surface area contributed by atoms with Gasteiger partial charge in [-0.2, -0.15) is 0 Å². The number of carbonyl (C=O) groups excluding carboxylic acids is 2. The Kier molecular flexibility index (Phi) is 2.34. The molecule has 0 radical (unpaired) electrons. The van der Waals surface area contributed by atoms with Crippen LogP contribution in [0.5, 0.6) is 0 Å². The number of nitrogen functional groups attached to an aromatic ring is 1. The van der Waals surface area contributed by atoms with Crippen LogP contribution in [-0.4, -0.2) is 22.7 Å². The van der Waals surface area contributed by atoms with Crippen molar-refractivity contribution in [2.24, 2.45) is 0 Å². The van der Waals surface area contributed by atoms with Crippen LogP contribution in [0.25, 0.3) is 0 Å². The van der Waals surface area contributed by atoms with Gasteiger partial charge in [-0.25, -0.2) is 4.98 Å². The lowest BCUT2D eigenvalue weighted by molar-refractivity contribution is -0.234. The van der Waals surface area contributed by atoms with E-state index >= 15 is 0 Å². The van der Waals surface area contributed by atoms with Gasteiger partial charge >= 0.3 is 11.9 Å². The fourth-order valence-corrected chi connectivity index (χ4v) is 1.98. The second-order valence-electron chi connectivity index (χ2n) is 3.79. The molecule has 2 rings (SSSR count). The molecule has 2 heterocycles. The summed E-state index contributed by atoms with van der Waals surface area (Å²) in [4.78, 5) is 27.1. The summed E-state index contributed by atoms with van der Waals surface area (Å²) in [5.41, 5.74) is 5.70. The average molecular weight is 242 g/mol. The number of anilines is 1. The van der Waals surface area contributed by atoms with E-state index in [4.69, 9.17) is 15.2 Å². The lowest BCUT2D eigenvalue weighted by Gasteiger charge is -2.32. The van der Waals surface area contributed by atoms with E-state index < -0.39 is 23.6 Å². The number of ether oxygens (including phenoxy) is 2. The number of aromatic nitrogens is 1. The third-order valence-electron chi connectivity index (χ3n) is 2.00. The number of hydrogen-bond donors (Lipinski definition) is 1. The van der Waals surface area contributed by atoms with E-state index in [1.165, 1.54) is 13.8 Å². The molecule has 1 aliphatic heterocycles. The summed E-state index contributed by atoms with van der Waals surface area (Å²) >= 11 is 1.15. The smallest absolute Gasteiger partial charge is 0.329 e. The third kappa shape index (κ3) is 1.85. The van der Waals surface area contributed by atoms with Gasteiger partial charge < -0.3 is 15.2 Å². The molecule has 6 nitrogen and oxygen atoms in total. The molecule has 1 fully saturated rings. The van der Waals surface area contributed by atoms with E-state index in [0.29, 0.717) is 5.13 Å². The fraction of sp³-hybridized carbons (Fsp3) is 0.444. The van der Waals surface area contributed by atoms with Crippen molar-refractivity contribution in [3.8, 4) is 0 Å². The Hall–Kier alpha value is -1.63. The molecule has 0 bridgehead atoms. The Labute approximate surface area is 95.4 Å². The Bertz CT molecular complexity index is 434. The van der Waals surface area contributed by atoms with Crippen molar-refractivity contribution in [1.29, 1.82) is 0 Å². The SMILES string of the molecule is CC1(C)OC(=O)C(c2csc(N)n2)C(=O)O1. The van der Waals surface area contributed by atoms with E-state index in [9.17, 15) is 9.59 Å². The first-order chi connectivity index (χ1) is 7.39. The molecule has 0 aliphatic carbocycles. The molecule has 86 valence electrons. The molecule has 0 atom stereocenters. The van der Waals surface area contributed by atoms with Crippen LogP contribution in [0.15, 0.2) is 5.38 Å². The Morgan fingerprint density at radius 2 is 1.94 bits per heavy atom. The molecule has 0 spiro atoms. The van der Waals surface area contributed by atoms with Gasteiger partial charge in [-0.1, -0.05) is 0 Å². The maximum atomic E-state index is 11.6. The minimum absolute atomic E-state index is 0.271. The van der Waals surface area contributed by atoms with Crippen LogP contribution in [0.2, 0.25) is 0 Å². The first-order valence-corrected chi connectivity index (χ1v) is 5.43. The van der Waals surface area contributed by atoms with Crippen LogP contribution in [0.1, 0.15) is 25.5 Å². The summed E-state index contributed by atoms with van der Waals surface area (Å²) < 4.78 is 9.92. The normalized spacial score (nSPS) is 20.4. The van der Waals surface area contributed by atoms with Crippen molar-refractivity contribution in [2.45, 2.75) is 25.6 Å². The van der Waals surface area contributed by atoms with Crippen molar-refractivity contribution in [1.82, 2.24) is 4.98 Å². The monoisotopic (exact) mass is 242 g/mol. The lowest BCUT2D eigenvalue weighted by atomic mass is 10.1. The van der Waals surface area contributed by atoms with Gasteiger partial charge in [0.05, 0.1) is 5.69 Å². The number of rotatable bonds is 1. The predicted molar refractivity (Wildman–Crippen MR) is 55.5 cm³/mol. The van der Waals surface area contributed by atoms with Gasteiger partial charge in [-0.05, 0) is 0 Å². The van der Waals surface area contributed by atoms with Crippen LogP contribution < -0.4 is 5.73 Å². The summed E-state index contributed by atoms with van der Waals surface area (Å²) in [6, 6.07) is 0. The molecule has 1 aliphatic rings. The minimum atomic E-state index is -1.22. The second-order valence-corrected chi connectivity index (χ2v) is 4.68. The minimum Gasteiger partial charge on any atom is -0.422 e. The van der Waals surface area contributed by atoms with Gasteiger partial charge in [-0.3, -0.25) is 9.59 Å². The molecule has 7 heteroatoms. The van der Waals surface area contributed by atoms with Gasteiger partial charge in [0.25, 0.3) is 5.79 Å². The molecule has 1 aromatic heterocycles. The van der Waals surface area contributed by atoms with Crippen LogP contribution in [0, 0.1) is 0 Å². The molecule has 16 heavy (non-hydrogen) atoms. The fourth-order valence-electron chi connectivity index (χ4n) is 1.39. The zero-order chi connectivity index (χ0) is 11.9. The van der Waals surface area contributed by atoms with Gasteiger partial charge in [-0.15, -0.1) is 11.3 Å². The number of hydrogen-bond acceptors (Lipinski definition) is 7. The van der Waals surface area contributed by atoms with Crippen LogP contribution in [0.4, 0.5) is 5.13 Å². The van der Waals surface area contributed by atoms with Gasteiger partial charge in [0, 0.05) is 19.2 Å². The molecule has 0 aromatic carbocycles. The molecule has 0 amide bonds. The Morgan fingerprint density at radius 1 is 1.38 bits per heavy atom. The van der Waals surface area contributed by atoms with Crippen LogP contribution in [-0.2, 0) is 19.1 Å². The van der Waals surface area contributed by atoms with Crippen molar-refractivity contribution >= 4 is 28.4 Å². The Balaban J connectivity index is 2.30. The highest BCUT2D eigenvalue weighted by molar-refractivity contribution is 7.13. The molecule has 0 saturated carbocycles. The molecular formula is C9H10N2O4S. The third-order valence-corrected chi connectivity index (χ3v) is 2.69. The zero-order valence-electron chi connectivity index (χ0n) is 8.72. The first-order valence-electron chi connectivity index (χ1n) is 4.56. The van der Waals surface area contributed by atoms with Crippen molar-refractivity contribution in [3.05, 3.63) is 11.1 Å². The van der Waals surface area contributed by atoms with Crippen LogP contribution >= 0.6 is 11.3 Å². The van der Waals surface area contributed by atoms with E-state index in [-0.39, 0.29) is 5.69 Å². The van der Waals surface area contributed by atoms with E-state index in [1.807, 2.05) is 0 Å². The summed E-state index contributed by atoms with van der Waals surface area (Å²) in [7, 11) is 0.